The van der Waals surface area contributed by atoms with E-state index in [-0.39, 0.29) is 16.7 Å². The minimum Gasteiger partial charge on any atom is -0.383 e. The van der Waals surface area contributed by atoms with Gasteiger partial charge in [0.1, 0.15) is 5.69 Å². The number of hydrogen-bond donors (Lipinski definition) is 2. The van der Waals surface area contributed by atoms with E-state index in [1.54, 1.807) is 19.2 Å². The summed E-state index contributed by atoms with van der Waals surface area (Å²) in [5.74, 6) is 0. The van der Waals surface area contributed by atoms with E-state index in [2.05, 4.69) is 33.5 Å². The molecule has 0 amide bonds. The van der Waals surface area contributed by atoms with Crippen LogP contribution in [-0.2, 0) is 6.54 Å². The third-order valence-corrected chi connectivity index (χ3v) is 4.23. The fourth-order valence-corrected chi connectivity index (χ4v) is 2.88. The highest BCUT2D eigenvalue weighted by atomic mass is 79.9. The molecule has 2 aromatic rings. The molecule has 0 aliphatic carbocycles. The number of halogens is 1. The van der Waals surface area contributed by atoms with Crippen molar-refractivity contribution < 1.29 is 4.92 Å². The maximum absolute atomic E-state index is 11.1. The molecule has 0 radical (unpaired) electrons. The van der Waals surface area contributed by atoms with Gasteiger partial charge in [0.15, 0.2) is 0 Å². The number of nitrogens with zero attached hydrogens (tertiary/aromatic N) is 1. The summed E-state index contributed by atoms with van der Waals surface area (Å²) in [7, 11) is 1.68. The number of rotatable bonds is 6. The molecule has 0 saturated carbocycles. The first-order valence-electron chi connectivity index (χ1n) is 6.95. The van der Waals surface area contributed by atoms with Gasteiger partial charge in [-0.25, -0.2) is 0 Å². The van der Waals surface area contributed by atoms with Gasteiger partial charge in [0.25, 0.3) is 5.69 Å². The second-order valence-electron chi connectivity index (χ2n) is 4.98. The van der Waals surface area contributed by atoms with Crippen LogP contribution < -0.4 is 10.6 Å². The van der Waals surface area contributed by atoms with Crippen LogP contribution in [0.1, 0.15) is 24.1 Å². The first-order valence-corrected chi connectivity index (χ1v) is 7.75. The molecule has 0 saturated heterocycles. The summed E-state index contributed by atoms with van der Waals surface area (Å²) in [6.07, 6.45) is 0. The fraction of sp³-hybridized carbons (Fsp3) is 0.250. The second kappa shape index (κ2) is 7.38. The predicted octanol–water partition coefficient (Wildman–Crippen LogP) is 4.25. The standard InChI is InChI=1S/C16H18BrN3O2/c1-11(13-5-3-4-6-14(13)17)19-10-12-7-8-15(18-2)16(9-12)20(21)22/h3-9,11,18-19H,10H2,1-2H3. The average molecular weight is 364 g/mol. The summed E-state index contributed by atoms with van der Waals surface area (Å²) < 4.78 is 1.05. The van der Waals surface area contributed by atoms with Crippen molar-refractivity contribution in [3.05, 3.63) is 68.2 Å². The predicted molar refractivity (Wildman–Crippen MR) is 92.0 cm³/mol. The first kappa shape index (κ1) is 16.5. The Morgan fingerprint density at radius 1 is 1.27 bits per heavy atom. The van der Waals surface area contributed by atoms with Crippen LogP contribution in [0.2, 0.25) is 0 Å². The van der Waals surface area contributed by atoms with Crippen molar-refractivity contribution in [3.63, 3.8) is 0 Å². The van der Waals surface area contributed by atoms with E-state index in [1.807, 2.05) is 30.3 Å². The zero-order chi connectivity index (χ0) is 16.1. The van der Waals surface area contributed by atoms with Crippen LogP contribution in [-0.4, -0.2) is 12.0 Å². The van der Waals surface area contributed by atoms with Gasteiger partial charge in [-0.2, -0.15) is 0 Å². The molecule has 1 atom stereocenters. The molecular formula is C16H18BrN3O2. The normalized spacial score (nSPS) is 12.0. The Morgan fingerprint density at radius 3 is 2.64 bits per heavy atom. The summed E-state index contributed by atoms with van der Waals surface area (Å²) in [4.78, 5) is 10.7. The van der Waals surface area contributed by atoms with Crippen molar-refractivity contribution in [2.45, 2.75) is 19.5 Å². The molecular weight excluding hydrogens is 346 g/mol. The lowest BCUT2D eigenvalue weighted by Gasteiger charge is -2.16. The van der Waals surface area contributed by atoms with E-state index in [1.165, 1.54) is 0 Å². The molecule has 0 fully saturated rings. The van der Waals surface area contributed by atoms with E-state index >= 15 is 0 Å². The summed E-state index contributed by atoms with van der Waals surface area (Å²) in [6, 6.07) is 13.4. The third-order valence-electron chi connectivity index (χ3n) is 3.51. The van der Waals surface area contributed by atoms with Crippen LogP contribution >= 0.6 is 15.9 Å². The van der Waals surface area contributed by atoms with Gasteiger partial charge in [-0.15, -0.1) is 0 Å². The summed E-state index contributed by atoms with van der Waals surface area (Å²) in [5, 5.41) is 17.3. The Balaban J connectivity index is 2.10. The largest absolute Gasteiger partial charge is 0.383 e. The van der Waals surface area contributed by atoms with Gasteiger partial charge in [-0.3, -0.25) is 10.1 Å². The van der Waals surface area contributed by atoms with Gasteiger partial charge >= 0.3 is 0 Å². The van der Waals surface area contributed by atoms with E-state index in [9.17, 15) is 10.1 Å². The highest BCUT2D eigenvalue weighted by Crippen LogP contribution is 2.26. The van der Waals surface area contributed by atoms with Gasteiger partial charge in [0, 0.05) is 30.2 Å². The maximum Gasteiger partial charge on any atom is 0.292 e. The Labute approximate surface area is 138 Å². The SMILES string of the molecule is CNc1ccc(CNC(C)c2ccccc2Br)cc1[N+](=O)[O-]. The first-order chi connectivity index (χ1) is 10.5. The second-order valence-corrected chi connectivity index (χ2v) is 5.84. The molecule has 0 heterocycles. The van der Waals surface area contributed by atoms with Crippen molar-refractivity contribution >= 4 is 27.3 Å². The topological polar surface area (TPSA) is 67.2 Å². The van der Waals surface area contributed by atoms with Crippen LogP contribution in [0.3, 0.4) is 0 Å². The van der Waals surface area contributed by atoms with Gasteiger partial charge < -0.3 is 10.6 Å². The highest BCUT2D eigenvalue weighted by molar-refractivity contribution is 9.10. The Kier molecular flexibility index (Phi) is 5.51. The van der Waals surface area contributed by atoms with E-state index < -0.39 is 0 Å². The highest BCUT2D eigenvalue weighted by Gasteiger charge is 2.14. The average Bonchev–Trinajstić information content (AvgIpc) is 2.52. The molecule has 2 aromatic carbocycles. The molecule has 5 nitrogen and oxygen atoms in total. The minimum absolute atomic E-state index is 0.0929. The number of nitrogens with one attached hydrogen (secondary N) is 2. The number of benzene rings is 2. The molecule has 0 aromatic heterocycles. The fourth-order valence-electron chi connectivity index (χ4n) is 2.26. The molecule has 0 aliphatic heterocycles. The molecule has 0 aliphatic rings. The molecule has 6 heteroatoms. The van der Waals surface area contributed by atoms with E-state index in [4.69, 9.17) is 0 Å². The number of anilines is 1. The van der Waals surface area contributed by atoms with Crippen molar-refractivity contribution in [2.75, 3.05) is 12.4 Å². The van der Waals surface area contributed by atoms with Crippen LogP contribution in [0.4, 0.5) is 11.4 Å². The van der Waals surface area contributed by atoms with Crippen molar-refractivity contribution in [1.82, 2.24) is 5.32 Å². The molecule has 2 N–H and O–H groups in total. The van der Waals surface area contributed by atoms with E-state index in [0.29, 0.717) is 12.2 Å². The van der Waals surface area contributed by atoms with Gasteiger partial charge in [-0.05, 0) is 30.2 Å². The summed E-state index contributed by atoms with van der Waals surface area (Å²) in [6.45, 7) is 2.63. The van der Waals surface area contributed by atoms with Gasteiger partial charge in [0.05, 0.1) is 4.92 Å². The number of nitro groups is 1. The molecule has 22 heavy (non-hydrogen) atoms. The Hall–Kier alpha value is -1.92. The smallest absolute Gasteiger partial charge is 0.292 e. The zero-order valence-electron chi connectivity index (χ0n) is 12.5. The third kappa shape index (κ3) is 3.84. The molecule has 116 valence electrons. The summed E-state index contributed by atoms with van der Waals surface area (Å²) >= 11 is 3.54. The molecule has 0 spiro atoms. The lowest BCUT2D eigenvalue weighted by Crippen LogP contribution is -2.18. The van der Waals surface area contributed by atoms with Gasteiger partial charge in [-0.1, -0.05) is 40.2 Å². The zero-order valence-corrected chi connectivity index (χ0v) is 14.1. The van der Waals surface area contributed by atoms with Crippen LogP contribution in [0.15, 0.2) is 46.9 Å². The Morgan fingerprint density at radius 2 is 2.00 bits per heavy atom. The van der Waals surface area contributed by atoms with Crippen LogP contribution in [0, 0.1) is 10.1 Å². The summed E-state index contributed by atoms with van der Waals surface area (Å²) in [5.41, 5.74) is 2.65. The van der Waals surface area contributed by atoms with Crippen LogP contribution in [0.5, 0.6) is 0 Å². The van der Waals surface area contributed by atoms with Crippen molar-refractivity contribution in [1.29, 1.82) is 0 Å². The Bertz CT molecular complexity index is 676. The number of hydrogen-bond acceptors (Lipinski definition) is 4. The maximum atomic E-state index is 11.1. The monoisotopic (exact) mass is 363 g/mol. The molecule has 1 unspecified atom stereocenters. The minimum atomic E-state index is -0.369. The lowest BCUT2D eigenvalue weighted by molar-refractivity contribution is -0.384. The van der Waals surface area contributed by atoms with Crippen molar-refractivity contribution in [2.24, 2.45) is 0 Å². The quantitative estimate of drug-likeness (QED) is 0.594. The van der Waals surface area contributed by atoms with E-state index in [0.717, 1.165) is 15.6 Å². The number of nitro benzene ring substituents is 1. The van der Waals surface area contributed by atoms with Crippen LogP contribution in [0.25, 0.3) is 0 Å². The van der Waals surface area contributed by atoms with Gasteiger partial charge in [0.2, 0.25) is 0 Å². The lowest BCUT2D eigenvalue weighted by atomic mass is 10.1. The molecule has 0 bridgehead atoms. The van der Waals surface area contributed by atoms with Crippen molar-refractivity contribution in [3.8, 4) is 0 Å². The molecule has 2 rings (SSSR count).